The number of aliphatic hydroxyl groups is 1. The van der Waals surface area contributed by atoms with Gasteiger partial charge in [0, 0.05) is 12.0 Å². The Labute approximate surface area is 112 Å². The maximum atomic E-state index is 13.7. The number of carbonyl (C=O) groups excluding carboxylic acids is 1. The summed E-state index contributed by atoms with van der Waals surface area (Å²) in [4.78, 5) is 11.6. The molecule has 0 saturated heterocycles. The van der Waals surface area contributed by atoms with Crippen LogP contribution in [-0.4, -0.2) is 17.6 Å². The van der Waals surface area contributed by atoms with Gasteiger partial charge in [-0.25, -0.2) is 4.39 Å². The molecule has 0 radical (unpaired) electrons. The molecule has 0 unspecified atom stereocenters. The molecular formula is C15H18FNO2. The van der Waals surface area contributed by atoms with E-state index in [1.54, 1.807) is 6.07 Å². The number of nitrogens with one attached hydrogen (secondary N) is 1. The summed E-state index contributed by atoms with van der Waals surface area (Å²) in [5.41, 5.74) is 0.620. The second-order valence-electron chi connectivity index (χ2n) is 4.64. The second kappa shape index (κ2) is 7.55. The summed E-state index contributed by atoms with van der Waals surface area (Å²) in [6.07, 6.45) is 1.15. The zero-order valence-corrected chi connectivity index (χ0v) is 11.2. The maximum Gasteiger partial charge on any atom is 0.224 e. The van der Waals surface area contributed by atoms with Gasteiger partial charge in [0.25, 0.3) is 0 Å². The first-order chi connectivity index (χ1) is 9.02. The van der Waals surface area contributed by atoms with Crippen LogP contribution in [0.3, 0.4) is 0 Å². The zero-order valence-electron chi connectivity index (χ0n) is 11.2. The minimum absolute atomic E-state index is 0.156. The van der Waals surface area contributed by atoms with Gasteiger partial charge in [-0.2, -0.15) is 0 Å². The normalized spacial score (nSPS) is 9.95. The van der Waals surface area contributed by atoms with Gasteiger partial charge in [0.2, 0.25) is 5.91 Å². The molecule has 0 bridgehead atoms. The monoisotopic (exact) mass is 263 g/mol. The first kappa shape index (κ1) is 15.2. The van der Waals surface area contributed by atoms with Gasteiger partial charge in [0.15, 0.2) is 0 Å². The van der Waals surface area contributed by atoms with E-state index in [0.717, 1.165) is 6.42 Å². The highest BCUT2D eigenvalue weighted by Gasteiger charge is 2.08. The van der Waals surface area contributed by atoms with Gasteiger partial charge in [-0.05, 0) is 30.5 Å². The number of anilines is 1. The summed E-state index contributed by atoms with van der Waals surface area (Å²) in [7, 11) is 0. The number of aliphatic hydroxyl groups excluding tert-OH is 1. The topological polar surface area (TPSA) is 49.3 Å². The highest BCUT2D eigenvalue weighted by Crippen LogP contribution is 2.16. The highest BCUT2D eigenvalue weighted by atomic mass is 19.1. The Morgan fingerprint density at radius 3 is 2.79 bits per heavy atom. The van der Waals surface area contributed by atoms with Crippen molar-refractivity contribution in [3.05, 3.63) is 29.6 Å². The van der Waals surface area contributed by atoms with Crippen LogP contribution in [0.1, 0.15) is 32.3 Å². The predicted octanol–water partition coefficient (Wildman–Crippen LogP) is 2.54. The van der Waals surface area contributed by atoms with Gasteiger partial charge in [0.05, 0.1) is 5.69 Å². The quantitative estimate of drug-likeness (QED) is 0.820. The third kappa shape index (κ3) is 5.54. The molecule has 1 aromatic carbocycles. The van der Waals surface area contributed by atoms with Gasteiger partial charge in [-0.1, -0.05) is 25.7 Å². The van der Waals surface area contributed by atoms with E-state index in [-0.39, 0.29) is 18.2 Å². The van der Waals surface area contributed by atoms with Crippen LogP contribution in [0.25, 0.3) is 0 Å². The lowest BCUT2D eigenvalue weighted by Crippen LogP contribution is -2.13. The average molecular weight is 263 g/mol. The molecule has 0 fully saturated rings. The van der Waals surface area contributed by atoms with Crippen LogP contribution in [-0.2, 0) is 4.79 Å². The molecule has 0 spiro atoms. The molecule has 19 heavy (non-hydrogen) atoms. The van der Waals surface area contributed by atoms with Crippen molar-refractivity contribution in [2.45, 2.75) is 26.7 Å². The SMILES string of the molecule is CC(C)CCC(=O)Nc1ccc(C#CCO)cc1F. The molecule has 0 saturated carbocycles. The van der Waals surface area contributed by atoms with E-state index >= 15 is 0 Å². The molecule has 1 aromatic rings. The van der Waals surface area contributed by atoms with E-state index in [2.05, 4.69) is 17.2 Å². The molecule has 3 nitrogen and oxygen atoms in total. The van der Waals surface area contributed by atoms with Crippen LogP contribution in [0.2, 0.25) is 0 Å². The van der Waals surface area contributed by atoms with Crippen LogP contribution < -0.4 is 5.32 Å². The number of hydrogen-bond acceptors (Lipinski definition) is 2. The molecule has 0 heterocycles. The summed E-state index contributed by atoms with van der Waals surface area (Å²) in [5, 5.41) is 11.1. The fourth-order valence-corrected chi connectivity index (χ4v) is 1.47. The standard InChI is InChI=1S/C15H18FNO2/c1-11(2)5-8-15(19)17-14-7-6-12(4-3-9-18)10-13(14)16/h6-7,10-11,18H,5,8-9H2,1-2H3,(H,17,19). The van der Waals surface area contributed by atoms with Crippen LogP contribution in [0.5, 0.6) is 0 Å². The Morgan fingerprint density at radius 1 is 1.47 bits per heavy atom. The third-order valence-electron chi connectivity index (χ3n) is 2.50. The number of amides is 1. The first-order valence-electron chi connectivity index (χ1n) is 6.22. The summed E-state index contributed by atoms with van der Waals surface area (Å²) < 4.78 is 13.7. The maximum absolute atomic E-state index is 13.7. The molecular weight excluding hydrogens is 245 g/mol. The summed E-state index contributed by atoms with van der Waals surface area (Å²) >= 11 is 0. The Bertz CT molecular complexity index is 501. The van der Waals surface area contributed by atoms with E-state index in [0.29, 0.717) is 17.9 Å². The second-order valence-corrected chi connectivity index (χ2v) is 4.64. The molecule has 0 aliphatic carbocycles. The van der Waals surface area contributed by atoms with E-state index < -0.39 is 5.82 Å². The molecule has 1 amide bonds. The fraction of sp³-hybridized carbons (Fsp3) is 0.400. The summed E-state index contributed by atoms with van der Waals surface area (Å²) in [6, 6.07) is 4.31. The van der Waals surface area contributed by atoms with Gasteiger partial charge in [0.1, 0.15) is 12.4 Å². The Balaban J connectivity index is 2.67. The van der Waals surface area contributed by atoms with Crippen molar-refractivity contribution in [2.24, 2.45) is 5.92 Å². The smallest absolute Gasteiger partial charge is 0.224 e. The van der Waals surface area contributed by atoms with E-state index in [4.69, 9.17) is 5.11 Å². The van der Waals surface area contributed by atoms with Gasteiger partial charge in [-0.3, -0.25) is 4.79 Å². The lowest BCUT2D eigenvalue weighted by Gasteiger charge is -2.08. The number of halogens is 1. The lowest BCUT2D eigenvalue weighted by atomic mass is 10.1. The fourth-order valence-electron chi connectivity index (χ4n) is 1.47. The molecule has 102 valence electrons. The van der Waals surface area contributed by atoms with E-state index in [1.807, 2.05) is 13.8 Å². The van der Waals surface area contributed by atoms with Crippen molar-refractivity contribution in [3.8, 4) is 11.8 Å². The van der Waals surface area contributed by atoms with Crippen molar-refractivity contribution < 1.29 is 14.3 Å². The van der Waals surface area contributed by atoms with Crippen molar-refractivity contribution in [1.82, 2.24) is 0 Å². The molecule has 2 N–H and O–H groups in total. The first-order valence-corrected chi connectivity index (χ1v) is 6.22. The third-order valence-corrected chi connectivity index (χ3v) is 2.50. The van der Waals surface area contributed by atoms with Crippen molar-refractivity contribution in [2.75, 3.05) is 11.9 Å². The average Bonchev–Trinajstić information content (AvgIpc) is 2.37. The van der Waals surface area contributed by atoms with Gasteiger partial charge >= 0.3 is 0 Å². The van der Waals surface area contributed by atoms with Crippen LogP contribution in [0, 0.1) is 23.6 Å². The largest absolute Gasteiger partial charge is 0.384 e. The number of benzene rings is 1. The van der Waals surface area contributed by atoms with Crippen molar-refractivity contribution in [1.29, 1.82) is 0 Å². The Morgan fingerprint density at radius 2 is 2.21 bits per heavy atom. The summed E-state index contributed by atoms with van der Waals surface area (Å²) in [5.74, 6) is 4.76. The Kier molecular flexibility index (Phi) is 6.04. The summed E-state index contributed by atoms with van der Waals surface area (Å²) in [6.45, 7) is 3.79. The van der Waals surface area contributed by atoms with Gasteiger partial charge < -0.3 is 10.4 Å². The minimum Gasteiger partial charge on any atom is -0.384 e. The number of hydrogen-bond donors (Lipinski definition) is 2. The molecule has 1 rings (SSSR count). The van der Waals surface area contributed by atoms with Crippen molar-refractivity contribution in [3.63, 3.8) is 0 Å². The van der Waals surface area contributed by atoms with Crippen molar-refractivity contribution >= 4 is 11.6 Å². The van der Waals surface area contributed by atoms with Crippen LogP contribution >= 0.6 is 0 Å². The molecule has 0 aliphatic rings. The highest BCUT2D eigenvalue weighted by molar-refractivity contribution is 5.90. The number of rotatable bonds is 4. The van der Waals surface area contributed by atoms with Crippen LogP contribution in [0.4, 0.5) is 10.1 Å². The number of carbonyl (C=O) groups is 1. The van der Waals surface area contributed by atoms with Gasteiger partial charge in [-0.15, -0.1) is 0 Å². The molecule has 4 heteroatoms. The lowest BCUT2D eigenvalue weighted by molar-refractivity contribution is -0.116. The zero-order chi connectivity index (χ0) is 14.3. The van der Waals surface area contributed by atoms with E-state index in [1.165, 1.54) is 12.1 Å². The molecule has 0 aromatic heterocycles. The Hall–Kier alpha value is -1.86. The van der Waals surface area contributed by atoms with Crippen LogP contribution in [0.15, 0.2) is 18.2 Å². The van der Waals surface area contributed by atoms with E-state index in [9.17, 15) is 9.18 Å². The molecule has 0 atom stereocenters. The molecule has 0 aliphatic heterocycles. The predicted molar refractivity (Wildman–Crippen MR) is 73.1 cm³/mol. The minimum atomic E-state index is -0.525.